The van der Waals surface area contributed by atoms with E-state index in [2.05, 4.69) is 10.3 Å². The molecule has 8 heteroatoms. The molecule has 0 radical (unpaired) electrons. The first kappa shape index (κ1) is 15.1. The fraction of sp³-hybridized carbons (Fsp3) is 0.364. The Hall–Kier alpha value is -1.96. The van der Waals surface area contributed by atoms with Crippen LogP contribution in [0.1, 0.15) is 27.3 Å². The minimum absolute atomic E-state index is 0.00992. The Morgan fingerprint density at radius 2 is 2.11 bits per heavy atom. The molecule has 19 heavy (non-hydrogen) atoms. The van der Waals surface area contributed by atoms with Gasteiger partial charge >= 0.3 is 5.97 Å². The third-order valence-corrected chi connectivity index (χ3v) is 3.25. The summed E-state index contributed by atoms with van der Waals surface area (Å²) in [5, 5.41) is 11.2. The molecule has 0 aliphatic rings. The van der Waals surface area contributed by atoms with Crippen LogP contribution in [0.2, 0.25) is 0 Å². The van der Waals surface area contributed by atoms with E-state index in [1.807, 2.05) is 0 Å². The predicted octanol–water partition coefficient (Wildman–Crippen LogP) is -0.0557. The quantitative estimate of drug-likeness (QED) is 0.708. The number of pyridine rings is 1. The first-order chi connectivity index (χ1) is 8.79. The fourth-order valence-electron chi connectivity index (χ4n) is 1.33. The molecule has 0 spiro atoms. The van der Waals surface area contributed by atoms with Gasteiger partial charge in [0.15, 0.2) is 0 Å². The number of carbonyl (C=O) groups excluding carboxylic acids is 1. The van der Waals surface area contributed by atoms with Crippen molar-refractivity contribution >= 4 is 21.7 Å². The van der Waals surface area contributed by atoms with Crippen LogP contribution in [0.4, 0.5) is 0 Å². The molecular formula is C11H14N2O5S. The molecule has 2 N–H and O–H groups in total. The van der Waals surface area contributed by atoms with Crippen LogP contribution in [0.3, 0.4) is 0 Å². The molecule has 1 aromatic rings. The Labute approximate surface area is 110 Å². The summed E-state index contributed by atoms with van der Waals surface area (Å²) in [5.41, 5.74) is -0.0458. The Morgan fingerprint density at radius 1 is 1.42 bits per heavy atom. The number of nitrogens with zero attached hydrogens (tertiary/aromatic N) is 1. The third-order valence-electron chi connectivity index (χ3n) is 2.22. The smallest absolute Gasteiger partial charge is 0.354 e. The molecule has 7 nitrogen and oxygen atoms in total. The largest absolute Gasteiger partial charge is 0.477 e. The molecule has 1 amide bonds. The van der Waals surface area contributed by atoms with Gasteiger partial charge in [0, 0.05) is 24.6 Å². The lowest BCUT2D eigenvalue weighted by Crippen LogP contribution is -2.26. The van der Waals surface area contributed by atoms with E-state index in [9.17, 15) is 18.0 Å². The highest BCUT2D eigenvalue weighted by molar-refractivity contribution is 7.90. The van der Waals surface area contributed by atoms with Crippen LogP contribution in [0.5, 0.6) is 0 Å². The van der Waals surface area contributed by atoms with Gasteiger partial charge in [-0.3, -0.25) is 4.79 Å². The lowest BCUT2D eigenvalue weighted by molar-refractivity contribution is 0.0690. The van der Waals surface area contributed by atoms with Crippen molar-refractivity contribution in [3.63, 3.8) is 0 Å². The van der Waals surface area contributed by atoms with Crippen LogP contribution in [-0.4, -0.2) is 48.9 Å². The zero-order valence-electron chi connectivity index (χ0n) is 10.3. The van der Waals surface area contributed by atoms with Crippen molar-refractivity contribution in [3.05, 3.63) is 29.6 Å². The highest BCUT2D eigenvalue weighted by Crippen LogP contribution is 2.02. The second kappa shape index (κ2) is 6.28. The third kappa shape index (κ3) is 5.47. The molecule has 0 saturated heterocycles. The van der Waals surface area contributed by atoms with E-state index in [0.29, 0.717) is 6.42 Å². The first-order valence-electron chi connectivity index (χ1n) is 5.45. The van der Waals surface area contributed by atoms with Crippen molar-refractivity contribution in [2.45, 2.75) is 6.42 Å². The maximum absolute atomic E-state index is 11.7. The van der Waals surface area contributed by atoms with Crippen LogP contribution in [0, 0.1) is 0 Å². The monoisotopic (exact) mass is 286 g/mol. The Kier molecular flexibility index (Phi) is 4.99. The number of hydrogen-bond acceptors (Lipinski definition) is 5. The van der Waals surface area contributed by atoms with Gasteiger partial charge in [-0.1, -0.05) is 0 Å². The number of carboxylic acids is 1. The number of carbonyl (C=O) groups is 2. The average Bonchev–Trinajstić information content (AvgIpc) is 2.33. The number of hydrogen-bond donors (Lipinski definition) is 2. The normalized spacial score (nSPS) is 11.0. The van der Waals surface area contributed by atoms with Crippen molar-refractivity contribution in [2.24, 2.45) is 0 Å². The SMILES string of the molecule is CS(=O)(=O)CCCNC(=O)c1ccnc(C(=O)O)c1. The molecule has 0 aromatic carbocycles. The Balaban J connectivity index is 2.54. The van der Waals surface area contributed by atoms with Crippen molar-refractivity contribution in [3.8, 4) is 0 Å². The van der Waals surface area contributed by atoms with Gasteiger partial charge in [0.05, 0.1) is 5.75 Å². The molecule has 0 bridgehead atoms. The highest BCUT2D eigenvalue weighted by atomic mass is 32.2. The average molecular weight is 286 g/mol. The molecule has 1 heterocycles. The van der Waals surface area contributed by atoms with Crippen LogP contribution < -0.4 is 5.32 Å². The number of aromatic nitrogens is 1. The van der Waals surface area contributed by atoms with E-state index in [1.54, 1.807) is 0 Å². The molecule has 104 valence electrons. The first-order valence-corrected chi connectivity index (χ1v) is 7.51. The Morgan fingerprint density at radius 3 is 2.68 bits per heavy atom. The number of carboxylic acid groups (broad SMARTS) is 1. The lowest BCUT2D eigenvalue weighted by atomic mass is 10.2. The summed E-state index contributed by atoms with van der Waals surface area (Å²) in [6.45, 7) is 0.205. The molecule has 1 aromatic heterocycles. The lowest BCUT2D eigenvalue weighted by Gasteiger charge is -2.05. The molecule has 0 unspecified atom stereocenters. The minimum atomic E-state index is -3.04. The van der Waals surface area contributed by atoms with Crippen molar-refractivity contribution < 1.29 is 23.1 Å². The van der Waals surface area contributed by atoms with E-state index in [1.165, 1.54) is 12.3 Å². The van der Waals surface area contributed by atoms with Crippen molar-refractivity contribution in [2.75, 3.05) is 18.6 Å². The van der Waals surface area contributed by atoms with E-state index >= 15 is 0 Å². The van der Waals surface area contributed by atoms with Crippen molar-refractivity contribution in [1.29, 1.82) is 0 Å². The van der Waals surface area contributed by atoms with Gasteiger partial charge in [-0.15, -0.1) is 0 Å². The van der Waals surface area contributed by atoms with Gasteiger partial charge in [-0.05, 0) is 18.6 Å². The molecule has 0 aliphatic heterocycles. The van der Waals surface area contributed by atoms with Crippen LogP contribution in [-0.2, 0) is 9.84 Å². The van der Waals surface area contributed by atoms with E-state index < -0.39 is 21.7 Å². The van der Waals surface area contributed by atoms with E-state index in [4.69, 9.17) is 5.11 Å². The molecule has 1 rings (SSSR count). The zero-order valence-corrected chi connectivity index (χ0v) is 11.1. The van der Waals surface area contributed by atoms with Gasteiger partial charge in [-0.2, -0.15) is 0 Å². The van der Waals surface area contributed by atoms with Gasteiger partial charge in [0.25, 0.3) is 5.91 Å². The molecule has 0 saturated carbocycles. The molecule has 0 atom stereocenters. The van der Waals surface area contributed by atoms with Crippen LogP contribution in [0.15, 0.2) is 18.3 Å². The second-order valence-corrected chi connectivity index (χ2v) is 6.23. The minimum Gasteiger partial charge on any atom is -0.477 e. The summed E-state index contributed by atoms with van der Waals surface area (Å²) in [5.74, 6) is -1.69. The molecule has 0 fully saturated rings. The summed E-state index contributed by atoms with van der Waals surface area (Å²) in [6, 6.07) is 2.55. The summed E-state index contributed by atoms with van der Waals surface area (Å²) in [4.78, 5) is 25.9. The summed E-state index contributed by atoms with van der Waals surface area (Å²) < 4.78 is 21.8. The van der Waals surface area contributed by atoms with E-state index in [0.717, 1.165) is 12.3 Å². The topological polar surface area (TPSA) is 113 Å². The van der Waals surface area contributed by atoms with E-state index in [-0.39, 0.29) is 23.6 Å². The van der Waals surface area contributed by atoms with Crippen LogP contribution in [0.25, 0.3) is 0 Å². The van der Waals surface area contributed by atoms with Gasteiger partial charge < -0.3 is 10.4 Å². The predicted molar refractivity (Wildman–Crippen MR) is 67.9 cm³/mol. The summed E-state index contributed by atoms with van der Waals surface area (Å²) in [7, 11) is -3.04. The van der Waals surface area contributed by atoms with Crippen molar-refractivity contribution in [1.82, 2.24) is 10.3 Å². The summed E-state index contributed by atoms with van der Waals surface area (Å²) >= 11 is 0. The van der Waals surface area contributed by atoms with Gasteiger partial charge in [-0.25, -0.2) is 18.2 Å². The van der Waals surface area contributed by atoms with Gasteiger partial charge in [0.2, 0.25) is 0 Å². The highest BCUT2D eigenvalue weighted by Gasteiger charge is 2.10. The molecular weight excluding hydrogens is 272 g/mol. The number of sulfone groups is 1. The Bertz CT molecular complexity index is 583. The number of rotatable bonds is 6. The maximum Gasteiger partial charge on any atom is 0.354 e. The molecule has 0 aliphatic carbocycles. The standard InChI is InChI=1S/C11H14N2O5S/c1-19(17,18)6-2-4-13-10(14)8-3-5-12-9(7-8)11(15)16/h3,5,7H,2,4,6H2,1H3,(H,13,14)(H,15,16). The van der Waals surface area contributed by atoms with Gasteiger partial charge in [0.1, 0.15) is 15.5 Å². The second-order valence-electron chi connectivity index (χ2n) is 3.97. The number of nitrogens with one attached hydrogen (secondary N) is 1. The number of amides is 1. The van der Waals surface area contributed by atoms with Crippen LogP contribution >= 0.6 is 0 Å². The fourth-order valence-corrected chi connectivity index (χ4v) is 2.00. The number of aromatic carboxylic acids is 1. The zero-order chi connectivity index (χ0) is 14.5. The summed E-state index contributed by atoms with van der Waals surface area (Å²) in [6.07, 6.45) is 2.66. The maximum atomic E-state index is 11.7.